The fraction of sp³-hybridized carbons (Fsp3) is 0.875. The lowest BCUT2D eigenvalue weighted by atomic mass is 10.2. The maximum atomic E-state index is 11.8. The van der Waals surface area contributed by atoms with Gasteiger partial charge in [0.2, 0.25) is 0 Å². The number of rotatable bonds is 4. The van der Waals surface area contributed by atoms with E-state index in [-0.39, 0.29) is 11.7 Å². The largest absolute Gasteiger partial charge is 0.293 e. The Hall–Kier alpha value is -0.620. The van der Waals surface area contributed by atoms with Crippen LogP contribution in [0.2, 0.25) is 0 Å². The molecule has 0 aromatic carbocycles. The van der Waals surface area contributed by atoms with Gasteiger partial charge in [-0.25, -0.2) is 14.3 Å². The average molecular weight is 220 g/mol. The summed E-state index contributed by atoms with van der Waals surface area (Å²) in [6.45, 7) is 2.76. The van der Waals surface area contributed by atoms with E-state index in [4.69, 9.17) is 5.84 Å². The van der Waals surface area contributed by atoms with Gasteiger partial charge in [0, 0.05) is 0 Å². The molecule has 1 rings (SSSR count). The molecular formula is C8H16N2O3S. The topological polar surface area (TPSA) is 89.3 Å². The summed E-state index contributed by atoms with van der Waals surface area (Å²) in [5.74, 6) is 4.61. The molecule has 0 aromatic heterocycles. The molecule has 0 saturated heterocycles. The van der Waals surface area contributed by atoms with Crippen LogP contribution in [0.4, 0.5) is 0 Å². The highest BCUT2D eigenvalue weighted by Crippen LogP contribution is 2.33. The van der Waals surface area contributed by atoms with E-state index in [0.29, 0.717) is 0 Å². The van der Waals surface area contributed by atoms with Gasteiger partial charge in [-0.3, -0.25) is 10.2 Å². The molecule has 0 aliphatic heterocycles. The lowest BCUT2D eigenvalue weighted by Crippen LogP contribution is -2.51. The van der Waals surface area contributed by atoms with Gasteiger partial charge >= 0.3 is 0 Å². The average Bonchev–Trinajstić information content (AvgIpc) is 2.85. The SMILES string of the molecule is CC(C)(C(=O)NN)S(=O)(=O)CC1CC1. The van der Waals surface area contributed by atoms with Crippen LogP contribution in [0.1, 0.15) is 26.7 Å². The number of hydrazine groups is 1. The van der Waals surface area contributed by atoms with E-state index in [0.717, 1.165) is 12.8 Å². The Morgan fingerprint density at radius 1 is 1.50 bits per heavy atom. The van der Waals surface area contributed by atoms with Crippen molar-refractivity contribution in [2.75, 3.05) is 5.75 Å². The Bertz CT molecular complexity index is 330. The normalized spacial score (nSPS) is 17.9. The summed E-state index contributed by atoms with van der Waals surface area (Å²) >= 11 is 0. The molecule has 0 bridgehead atoms. The van der Waals surface area contributed by atoms with Crippen molar-refractivity contribution in [2.45, 2.75) is 31.4 Å². The predicted octanol–water partition coefficient (Wildman–Crippen LogP) is -0.420. The number of hydrogen-bond donors (Lipinski definition) is 2. The van der Waals surface area contributed by atoms with Crippen LogP contribution < -0.4 is 11.3 Å². The van der Waals surface area contributed by atoms with Crippen molar-refractivity contribution >= 4 is 15.7 Å². The second-order valence-electron chi connectivity index (χ2n) is 4.21. The van der Waals surface area contributed by atoms with Gasteiger partial charge < -0.3 is 0 Å². The standard InChI is InChI=1S/C8H16N2O3S/c1-8(2,7(11)10-9)14(12,13)5-6-3-4-6/h6H,3-5,9H2,1-2H3,(H,10,11). The third-order valence-corrected chi connectivity index (χ3v) is 5.26. The summed E-state index contributed by atoms with van der Waals surface area (Å²) in [6.07, 6.45) is 1.89. The minimum Gasteiger partial charge on any atom is -0.293 e. The molecule has 0 radical (unpaired) electrons. The first-order chi connectivity index (χ1) is 6.31. The van der Waals surface area contributed by atoms with Gasteiger partial charge in [-0.15, -0.1) is 0 Å². The first-order valence-corrected chi connectivity index (χ1v) is 6.20. The molecule has 1 amide bonds. The molecule has 1 aliphatic carbocycles. The van der Waals surface area contributed by atoms with Gasteiger partial charge in [0.15, 0.2) is 9.84 Å². The summed E-state index contributed by atoms with van der Waals surface area (Å²) in [6, 6.07) is 0. The van der Waals surface area contributed by atoms with Crippen LogP contribution in [0.25, 0.3) is 0 Å². The Morgan fingerprint density at radius 2 is 2.00 bits per heavy atom. The van der Waals surface area contributed by atoms with Gasteiger partial charge in [0.1, 0.15) is 4.75 Å². The molecule has 1 aliphatic rings. The minimum atomic E-state index is -3.40. The van der Waals surface area contributed by atoms with Crippen molar-refractivity contribution in [3.8, 4) is 0 Å². The molecule has 3 N–H and O–H groups in total. The predicted molar refractivity (Wildman–Crippen MR) is 52.9 cm³/mol. The number of amides is 1. The van der Waals surface area contributed by atoms with Crippen LogP contribution in [0.3, 0.4) is 0 Å². The van der Waals surface area contributed by atoms with Crippen LogP contribution in [0.15, 0.2) is 0 Å². The van der Waals surface area contributed by atoms with E-state index >= 15 is 0 Å². The summed E-state index contributed by atoms with van der Waals surface area (Å²) in [5.41, 5.74) is 1.89. The smallest absolute Gasteiger partial charge is 0.254 e. The van der Waals surface area contributed by atoms with E-state index in [9.17, 15) is 13.2 Å². The van der Waals surface area contributed by atoms with Gasteiger partial charge in [-0.1, -0.05) is 0 Å². The number of sulfone groups is 1. The molecule has 14 heavy (non-hydrogen) atoms. The van der Waals surface area contributed by atoms with E-state index in [1.807, 2.05) is 5.43 Å². The maximum absolute atomic E-state index is 11.8. The van der Waals surface area contributed by atoms with E-state index < -0.39 is 20.5 Å². The van der Waals surface area contributed by atoms with Gasteiger partial charge in [-0.05, 0) is 32.6 Å². The van der Waals surface area contributed by atoms with Crippen molar-refractivity contribution in [2.24, 2.45) is 11.8 Å². The molecule has 6 heteroatoms. The van der Waals surface area contributed by atoms with Crippen molar-refractivity contribution in [3.63, 3.8) is 0 Å². The van der Waals surface area contributed by atoms with Gasteiger partial charge in [0.05, 0.1) is 5.75 Å². The molecule has 0 atom stereocenters. The molecule has 1 saturated carbocycles. The zero-order chi connectivity index (χ0) is 11.0. The van der Waals surface area contributed by atoms with Crippen molar-refractivity contribution in [1.29, 1.82) is 0 Å². The summed E-state index contributed by atoms with van der Waals surface area (Å²) in [5, 5.41) is 0. The van der Waals surface area contributed by atoms with Crippen molar-refractivity contribution in [3.05, 3.63) is 0 Å². The monoisotopic (exact) mass is 220 g/mol. The van der Waals surface area contributed by atoms with Crippen LogP contribution in [-0.2, 0) is 14.6 Å². The second-order valence-corrected chi connectivity index (χ2v) is 6.79. The molecule has 0 unspecified atom stereocenters. The molecule has 0 spiro atoms. The zero-order valence-corrected chi connectivity index (χ0v) is 9.23. The van der Waals surface area contributed by atoms with Gasteiger partial charge in [-0.2, -0.15) is 0 Å². The summed E-state index contributed by atoms with van der Waals surface area (Å²) < 4.78 is 22.1. The Morgan fingerprint density at radius 3 is 2.36 bits per heavy atom. The fourth-order valence-electron chi connectivity index (χ4n) is 1.12. The Kier molecular flexibility index (Phi) is 2.87. The lowest BCUT2D eigenvalue weighted by molar-refractivity contribution is -0.122. The van der Waals surface area contributed by atoms with Crippen LogP contribution in [0.5, 0.6) is 0 Å². The Balaban J connectivity index is 2.82. The number of carbonyl (C=O) groups excluding carboxylic acids is 1. The number of hydrogen-bond acceptors (Lipinski definition) is 4. The van der Waals surface area contributed by atoms with Crippen LogP contribution in [-0.4, -0.2) is 24.8 Å². The molecule has 0 aromatic rings. The zero-order valence-electron chi connectivity index (χ0n) is 8.41. The first-order valence-electron chi connectivity index (χ1n) is 4.54. The number of carbonyl (C=O) groups is 1. The maximum Gasteiger partial charge on any atom is 0.254 e. The number of nitrogens with one attached hydrogen (secondary N) is 1. The molecule has 5 nitrogen and oxygen atoms in total. The number of nitrogens with two attached hydrogens (primary N) is 1. The lowest BCUT2D eigenvalue weighted by Gasteiger charge is -2.22. The highest BCUT2D eigenvalue weighted by atomic mass is 32.2. The van der Waals surface area contributed by atoms with E-state index in [2.05, 4.69) is 0 Å². The van der Waals surface area contributed by atoms with Crippen LogP contribution in [0, 0.1) is 5.92 Å². The molecule has 0 heterocycles. The van der Waals surface area contributed by atoms with Crippen LogP contribution >= 0.6 is 0 Å². The highest BCUT2D eigenvalue weighted by Gasteiger charge is 2.43. The summed E-state index contributed by atoms with van der Waals surface area (Å²) in [7, 11) is -3.40. The molecular weight excluding hydrogens is 204 g/mol. The fourth-order valence-corrected chi connectivity index (χ4v) is 2.83. The second kappa shape index (κ2) is 3.51. The molecule has 82 valence electrons. The summed E-state index contributed by atoms with van der Waals surface area (Å²) in [4.78, 5) is 11.3. The van der Waals surface area contributed by atoms with Crippen molar-refractivity contribution < 1.29 is 13.2 Å². The minimum absolute atomic E-state index is 0.0907. The van der Waals surface area contributed by atoms with E-state index in [1.165, 1.54) is 13.8 Å². The highest BCUT2D eigenvalue weighted by molar-refractivity contribution is 7.93. The Labute approximate surface area is 83.9 Å². The molecule has 1 fully saturated rings. The third kappa shape index (κ3) is 2.06. The quantitative estimate of drug-likeness (QED) is 0.382. The van der Waals surface area contributed by atoms with Gasteiger partial charge in [0.25, 0.3) is 5.91 Å². The third-order valence-electron chi connectivity index (χ3n) is 2.61. The van der Waals surface area contributed by atoms with Crippen molar-refractivity contribution in [1.82, 2.24) is 5.43 Å². The van der Waals surface area contributed by atoms with E-state index in [1.54, 1.807) is 0 Å². The first kappa shape index (κ1) is 11.5.